The highest BCUT2D eigenvalue weighted by molar-refractivity contribution is 5.80. The average molecular weight is 310 g/mol. The van der Waals surface area contributed by atoms with E-state index in [0.29, 0.717) is 25.0 Å². The summed E-state index contributed by atoms with van der Waals surface area (Å²) in [7, 11) is 1.53. The molecule has 2 aromatic carbocycles. The van der Waals surface area contributed by atoms with Crippen LogP contribution in [0.15, 0.2) is 60.7 Å². The Morgan fingerprint density at radius 3 is 2.61 bits per heavy atom. The van der Waals surface area contributed by atoms with Crippen LogP contribution in [0, 0.1) is 0 Å². The zero-order chi connectivity index (χ0) is 16.5. The molecule has 0 aliphatic carbocycles. The Hall–Kier alpha value is -2.55. The molecule has 0 aliphatic heterocycles. The number of aryl methyl sites for hydroxylation is 1. The number of ether oxygens (including phenoxy) is 1. The molecule has 2 rings (SSSR count). The van der Waals surface area contributed by atoms with Gasteiger partial charge in [-0.2, -0.15) is 0 Å². The summed E-state index contributed by atoms with van der Waals surface area (Å²) in [6.45, 7) is 0. The molecule has 2 aromatic rings. The molecule has 0 spiro atoms. The van der Waals surface area contributed by atoms with Gasteiger partial charge in [-0.15, -0.1) is 0 Å². The van der Waals surface area contributed by atoms with Gasteiger partial charge in [0.05, 0.1) is 7.11 Å². The van der Waals surface area contributed by atoms with E-state index < -0.39 is 0 Å². The summed E-state index contributed by atoms with van der Waals surface area (Å²) in [5.74, 6) is 0.847. The maximum Gasteiger partial charge on any atom is 0.160 e. The van der Waals surface area contributed by atoms with E-state index in [0.717, 1.165) is 12.0 Å². The van der Waals surface area contributed by atoms with Crippen molar-refractivity contribution in [1.29, 1.82) is 0 Å². The van der Waals surface area contributed by atoms with Crippen molar-refractivity contribution in [1.82, 2.24) is 0 Å². The Kier molecular flexibility index (Phi) is 6.42. The second-order valence-corrected chi connectivity index (χ2v) is 5.41. The molecule has 23 heavy (non-hydrogen) atoms. The van der Waals surface area contributed by atoms with E-state index in [1.54, 1.807) is 12.1 Å². The highest BCUT2D eigenvalue weighted by Crippen LogP contribution is 2.26. The van der Waals surface area contributed by atoms with Crippen LogP contribution in [0.25, 0.3) is 0 Å². The highest BCUT2D eigenvalue weighted by atomic mass is 16.5. The first-order valence-electron chi connectivity index (χ1n) is 7.75. The molecule has 120 valence electrons. The normalized spacial score (nSPS) is 10.8. The van der Waals surface area contributed by atoms with Crippen molar-refractivity contribution in [2.45, 2.75) is 25.7 Å². The molecule has 0 aliphatic rings. The second-order valence-electron chi connectivity index (χ2n) is 5.41. The number of hydrogen-bond acceptors (Lipinski definition) is 3. The lowest BCUT2D eigenvalue weighted by Crippen LogP contribution is -1.98. The van der Waals surface area contributed by atoms with Crippen molar-refractivity contribution in [3.63, 3.8) is 0 Å². The standard InChI is InChI=1S/C20H22O3/c1-23-20-15-17(12-14-19(20)22)9-5-6-10-18(21)13-11-16-7-3-2-4-8-16/h2-8,12,14-15,22H,9-11,13H2,1H3. The van der Waals surface area contributed by atoms with Crippen molar-refractivity contribution in [3.05, 3.63) is 71.8 Å². The predicted molar refractivity (Wildman–Crippen MR) is 91.9 cm³/mol. The molecule has 0 unspecified atom stereocenters. The molecule has 0 amide bonds. The topological polar surface area (TPSA) is 46.5 Å². The van der Waals surface area contributed by atoms with Crippen molar-refractivity contribution in [3.8, 4) is 11.5 Å². The maximum atomic E-state index is 11.9. The zero-order valence-electron chi connectivity index (χ0n) is 13.4. The minimum absolute atomic E-state index is 0.135. The number of hydrogen-bond donors (Lipinski definition) is 1. The molecular formula is C20H22O3. The molecule has 0 heterocycles. The Balaban J connectivity index is 1.75. The number of carbonyl (C=O) groups is 1. The summed E-state index contributed by atoms with van der Waals surface area (Å²) >= 11 is 0. The van der Waals surface area contributed by atoms with E-state index in [-0.39, 0.29) is 11.5 Å². The van der Waals surface area contributed by atoms with E-state index in [1.807, 2.05) is 48.6 Å². The van der Waals surface area contributed by atoms with Crippen LogP contribution in [0.4, 0.5) is 0 Å². The number of benzene rings is 2. The van der Waals surface area contributed by atoms with Gasteiger partial charge in [0, 0.05) is 12.8 Å². The van der Waals surface area contributed by atoms with Gasteiger partial charge >= 0.3 is 0 Å². The second kappa shape index (κ2) is 8.79. The molecule has 3 nitrogen and oxygen atoms in total. The number of carbonyl (C=O) groups excluding carboxylic acids is 1. The lowest BCUT2D eigenvalue weighted by molar-refractivity contribution is -0.118. The molecule has 3 heteroatoms. The van der Waals surface area contributed by atoms with Gasteiger partial charge in [0.15, 0.2) is 11.5 Å². The Morgan fingerprint density at radius 1 is 1.09 bits per heavy atom. The molecule has 0 saturated carbocycles. The predicted octanol–water partition coefficient (Wildman–Crippen LogP) is 4.09. The minimum Gasteiger partial charge on any atom is -0.504 e. The molecule has 0 fully saturated rings. The fourth-order valence-electron chi connectivity index (χ4n) is 2.31. The summed E-state index contributed by atoms with van der Waals surface area (Å²) in [6, 6.07) is 15.3. The van der Waals surface area contributed by atoms with Gasteiger partial charge in [0.1, 0.15) is 5.78 Å². The van der Waals surface area contributed by atoms with Crippen LogP contribution in [0.2, 0.25) is 0 Å². The van der Waals surface area contributed by atoms with Crippen molar-refractivity contribution < 1.29 is 14.6 Å². The van der Waals surface area contributed by atoms with Crippen LogP contribution < -0.4 is 4.74 Å². The largest absolute Gasteiger partial charge is 0.504 e. The molecule has 0 atom stereocenters. The Labute approximate surface area is 137 Å². The van der Waals surface area contributed by atoms with Crippen LogP contribution in [0.5, 0.6) is 11.5 Å². The SMILES string of the molecule is COc1cc(CC=CCC(=O)CCc2ccccc2)ccc1O. The van der Waals surface area contributed by atoms with Gasteiger partial charge in [-0.3, -0.25) is 4.79 Å². The number of Topliss-reactive ketones (excluding diaryl/α,β-unsaturated/α-hetero) is 1. The first-order chi connectivity index (χ1) is 11.2. The first kappa shape index (κ1) is 16.8. The van der Waals surface area contributed by atoms with Crippen molar-refractivity contribution >= 4 is 5.78 Å². The fourth-order valence-corrected chi connectivity index (χ4v) is 2.31. The van der Waals surface area contributed by atoms with Gasteiger partial charge in [0.25, 0.3) is 0 Å². The quantitative estimate of drug-likeness (QED) is 0.747. The third-order valence-corrected chi connectivity index (χ3v) is 3.65. The molecule has 0 bridgehead atoms. The maximum absolute atomic E-state index is 11.9. The summed E-state index contributed by atoms with van der Waals surface area (Å²) in [5.41, 5.74) is 2.23. The van der Waals surface area contributed by atoms with Gasteiger partial charge < -0.3 is 9.84 Å². The van der Waals surface area contributed by atoms with Gasteiger partial charge in [-0.1, -0.05) is 48.6 Å². The van der Waals surface area contributed by atoms with Gasteiger partial charge in [-0.25, -0.2) is 0 Å². The molecule has 1 N–H and O–H groups in total. The summed E-state index contributed by atoms with van der Waals surface area (Å²) in [6.07, 6.45) is 6.42. The zero-order valence-corrected chi connectivity index (χ0v) is 13.4. The van der Waals surface area contributed by atoms with Crippen molar-refractivity contribution in [2.24, 2.45) is 0 Å². The van der Waals surface area contributed by atoms with E-state index >= 15 is 0 Å². The number of rotatable bonds is 8. The summed E-state index contributed by atoms with van der Waals surface area (Å²) < 4.78 is 5.08. The van der Waals surface area contributed by atoms with E-state index in [2.05, 4.69) is 0 Å². The number of allylic oxidation sites excluding steroid dienone is 2. The summed E-state index contributed by atoms with van der Waals surface area (Å²) in [5, 5.41) is 9.54. The van der Waals surface area contributed by atoms with Gasteiger partial charge in [0.2, 0.25) is 0 Å². The number of ketones is 1. The van der Waals surface area contributed by atoms with Crippen LogP contribution in [-0.4, -0.2) is 18.0 Å². The van der Waals surface area contributed by atoms with Crippen LogP contribution in [0.1, 0.15) is 24.0 Å². The lowest BCUT2D eigenvalue weighted by atomic mass is 10.1. The fraction of sp³-hybridized carbons (Fsp3) is 0.250. The van der Waals surface area contributed by atoms with E-state index in [9.17, 15) is 9.90 Å². The monoisotopic (exact) mass is 310 g/mol. The number of aromatic hydroxyl groups is 1. The molecule has 0 saturated heterocycles. The van der Waals surface area contributed by atoms with E-state index in [4.69, 9.17) is 4.74 Å². The molecular weight excluding hydrogens is 288 g/mol. The average Bonchev–Trinajstić information content (AvgIpc) is 2.59. The Morgan fingerprint density at radius 2 is 1.87 bits per heavy atom. The number of methoxy groups -OCH3 is 1. The van der Waals surface area contributed by atoms with Crippen LogP contribution in [0.3, 0.4) is 0 Å². The first-order valence-corrected chi connectivity index (χ1v) is 7.75. The molecule has 0 aromatic heterocycles. The minimum atomic E-state index is 0.135. The smallest absolute Gasteiger partial charge is 0.160 e. The van der Waals surface area contributed by atoms with Crippen LogP contribution >= 0.6 is 0 Å². The number of phenols is 1. The summed E-state index contributed by atoms with van der Waals surface area (Å²) in [4.78, 5) is 11.9. The number of phenolic OH excluding ortho intramolecular Hbond substituents is 1. The Bertz CT molecular complexity index is 660. The van der Waals surface area contributed by atoms with Gasteiger partial charge in [-0.05, 0) is 36.1 Å². The van der Waals surface area contributed by atoms with Crippen molar-refractivity contribution in [2.75, 3.05) is 7.11 Å². The lowest BCUT2D eigenvalue weighted by Gasteiger charge is -2.04. The third-order valence-electron chi connectivity index (χ3n) is 3.65. The highest BCUT2D eigenvalue weighted by Gasteiger charge is 2.02. The van der Waals surface area contributed by atoms with Crippen LogP contribution in [-0.2, 0) is 17.6 Å². The van der Waals surface area contributed by atoms with E-state index in [1.165, 1.54) is 12.7 Å². The third kappa shape index (κ3) is 5.62. The molecule has 0 radical (unpaired) electrons.